The van der Waals surface area contributed by atoms with Crippen LogP contribution in [0.5, 0.6) is 0 Å². The minimum Gasteiger partial charge on any atom is -0.306 e. The number of fused-ring (bicyclic) bond motifs is 1. The zero-order chi connectivity index (χ0) is 17.9. The third-order valence-electron chi connectivity index (χ3n) is 4.65. The number of rotatable bonds is 3. The van der Waals surface area contributed by atoms with E-state index in [1.165, 1.54) is 0 Å². The van der Waals surface area contributed by atoms with Gasteiger partial charge in [-0.2, -0.15) is 0 Å². The molecule has 5 nitrogen and oxygen atoms in total. The van der Waals surface area contributed by atoms with Gasteiger partial charge in [0, 0.05) is 49.6 Å². The Balaban J connectivity index is 1.60. The van der Waals surface area contributed by atoms with Crippen LogP contribution in [0.1, 0.15) is 22.4 Å². The fourth-order valence-corrected chi connectivity index (χ4v) is 3.30. The number of benzene rings is 1. The van der Waals surface area contributed by atoms with Gasteiger partial charge in [0.1, 0.15) is 5.82 Å². The van der Waals surface area contributed by atoms with Gasteiger partial charge in [-0.05, 0) is 23.8 Å². The first kappa shape index (κ1) is 16.2. The lowest BCUT2D eigenvalue weighted by molar-refractivity contribution is 0.241. The number of terminal acetylenes is 1. The van der Waals surface area contributed by atoms with Gasteiger partial charge in [0.25, 0.3) is 5.56 Å². The molecule has 3 heterocycles. The lowest BCUT2D eigenvalue weighted by atomic mass is 10.0. The lowest BCUT2D eigenvalue weighted by Crippen LogP contribution is -2.35. The maximum Gasteiger partial charge on any atom is 0.255 e. The largest absolute Gasteiger partial charge is 0.306 e. The predicted octanol–water partition coefficient (Wildman–Crippen LogP) is 2.37. The van der Waals surface area contributed by atoms with Gasteiger partial charge < -0.3 is 4.98 Å². The topological polar surface area (TPSA) is 61.9 Å². The number of hydrogen-bond acceptors (Lipinski definition) is 4. The van der Waals surface area contributed by atoms with Crippen molar-refractivity contribution in [2.75, 3.05) is 6.54 Å². The Labute approximate surface area is 151 Å². The highest BCUT2D eigenvalue weighted by Crippen LogP contribution is 2.20. The molecule has 1 aromatic carbocycles. The van der Waals surface area contributed by atoms with E-state index in [0.717, 1.165) is 47.5 Å². The van der Waals surface area contributed by atoms with Gasteiger partial charge >= 0.3 is 0 Å². The number of H-pyrrole nitrogens is 1. The highest BCUT2D eigenvalue weighted by atomic mass is 16.1. The molecule has 3 aromatic rings. The normalized spacial score (nSPS) is 13.8. The number of pyridine rings is 1. The molecule has 1 aliphatic heterocycles. The number of nitrogens with zero attached hydrogens (tertiary/aromatic N) is 3. The van der Waals surface area contributed by atoms with Crippen molar-refractivity contribution in [3.05, 3.63) is 81.5 Å². The van der Waals surface area contributed by atoms with Crippen LogP contribution in [0.25, 0.3) is 11.4 Å². The van der Waals surface area contributed by atoms with Crippen molar-refractivity contribution in [3.8, 4) is 23.7 Å². The molecule has 2 aromatic heterocycles. The SMILES string of the molecule is C#Cc1ccccc1CN1CCc2nc(-c3cccnc3)[nH]c(=O)c2C1. The monoisotopic (exact) mass is 342 g/mol. The van der Waals surface area contributed by atoms with Crippen LogP contribution >= 0.6 is 0 Å². The average Bonchev–Trinajstić information content (AvgIpc) is 2.69. The first-order chi connectivity index (χ1) is 12.7. The Kier molecular flexibility index (Phi) is 4.34. The van der Waals surface area contributed by atoms with Crippen LogP contribution in [0, 0.1) is 12.3 Å². The number of hydrogen-bond donors (Lipinski definition) is 1. The molecule has 5 heteroatoms. The maximum atomic E-state index is 12.6. The summed E-state index contributed by atoms with van der Waals surface area (Å²) in [5.74, 6) is 3.31. The molecule has 0 saturated heterocycles. The molecule has 0 unspecified atom stereocenters. The smallest absolute Gasteiger partial charge is 0.255 e. The number of aromatic amines is 1. The summed E-state index contributed by atoms with van der Waals surface area (Å²) >= 11 is 0. The van der Waals surface area contributed by atoms with E-state index < -0.39 is 0 Å². The molecule has 0 spiro atoms. The van der Waals surface area contributed by atoms with Gasteiger partial charge in [0.05, 0.1) is 11.3 Å². The maximum absolute atomic E-state index is 12.6. The first-order valence-electron chi connectivity index (χ1n) is 8.54. The summed E-state index contributed by atoms with van der Waals surface area (Å²) in [7, 11) is 0. The van der Waals surface area contributed by atoms with Crippen molar-refractivity contribution >= 4 is 0 Å². The zero-order valence-corrected chi connectivity index (χ0v) is 14.3. The van der Waals surface area contributed by atoms with Gasteiger partial charge in [-0.15, -0.1) is 6.42 Å². The summed E-state index contributed by atoms with van der Waals surface area (Å²) in [6, 6.07) is 11.6. The Morgan fingerprint density at radius 1 is 1.23 bits per heavy atom. The first-order valence-corrected chi connectivity index (χ1v) is 8.54. The number of nitrogens with one attached hydrogen (secondary N) is 1. The molecule has 0 atom stereocenters. The molecular formula is C21H18N4O. The van der Waals surface area contributed by atoms with Crippen LogP contribution < -0.4 is 5.56 Å². The van der Waals surface area contributed by atoms with Crippen LogP contribution in [0.2, 0.25) is 0 Å². The summed E-state index contributed by atoms with van der Waals surface area (Å²) < 4.78 is 0. The van der Waals surface area contributed by atoms with Gasteiger partial charge in [-0.25, -0.2) is 4.98 Å². The van der Waals surface area contributed by atoms with Crippen molar-refractivity contribution < 1.29 is 0 Å². The second kappa shape index (κ2) is 6.95. The van der Waals surface area contributed by atoms with E-state index in [0.29, 0.717) is 12.4 Å². The Morgan fingerprint density at radius 2 is 2.12 bits per heavy atom. The molecule has 4 rings (SSSR count). The van der Waals surface area contributed by atoms with Crippen molar-refractivity contribution in [2.45, 2.75) is 19.5 Å². The fourth-order valence-electron chi connectivity index (χ4n) is 3.30. The fraction of sp³-hybridized carbons (Fsp3) is 0.190. The van der Waals surface area contributed by atoms with Gasteiger partial charge in [0.15, 0.2) is 0 Å². The Hall–Kier alpha value is -3.23. The van der Waals surface area contributed by atoms with Crippen LogP contribution in [-0.2, 0) is 19.5 Å². The van der Waals surface area contributed by atoms with Crippen LogP contribution in [0.15, 0.2) is 53.6 Å². The van der Waals surface area contributed by atoms with Crippen LogP contribution in [0.3, 0.4) is 0 Å². The summed E-state index contributed by atoms with van der Waals surface area (Å²) in [5, 5.41) is 0. The van der Waals surface area contributed by atoms with Gasteiger partial charge in [-0.3, -0.25) is 14.7 Å². The van der Waals surface area contributed by atoms with Crippen LogP contribution in [0.4, 0.5) is 0 Å². The Bertz CT molecular complexity index is 1030. The third-order valence-corrected chi connectivity index (χ3v) is 4.65. The quantitative estimate of drug-likeness (QED) is 0.743. The van der Waals surface area contributed by atoms with Crippen molar-refractivity contribution in [3.63, 3.8) is 0 Å². The molecule has 0 fully saturated rings. The molecular weight excluding hydrogens is 324 g/mol. The average molecular weight is 342 g/mol. The molecule has 1 N–H and O–H groups in total. The minimum absolute atomic E-state index is 0.0798. The summed E-state index contributed by atoms with van der Waals surface area (Å²) in [6.07, 6.45) is 9.74. The zero-order valence-electron chi connectivity index (χ0n) is 14.3. The molecule has 1 aliphatic rings. The molecule has 0 aliphatic carbocycles. The Morgan fingerprint density at radius 3 is 2.92 bits per heavy atom. The molecule has 0 radical (unpaired) electrons. The molecule has 26 heavy (non-hydrogen) atoms. The van der Waals surface area contributed by atoms with Crippen LogP contribution in [-0.4, -0.2) is 26.4 Å². The molecule has 0 saturated carbocycles. The van der Waals surface area contributed by atoms with E-state index in [-0.39, 0.29) is 5.56 Å². The second-order valence-corrected chi connectivity index (χ2v) is 6.34. The molecule has 0 amide bonds. The second-order valence-electron chi connectivity index (χ2n) is 6.34. The van der Waals surface area contributed by atoms with Gasteiger partial charge in [0.2, 0.25) is 0 Å². The summed E-state index contributed by atoms with van der Waals surface area (Å²) in [6.45, 7) is 2.14. The van der Waals surface area contributed by atoms with Gasteiger partial charge in [-0.1, -0.05) is 24.1 Å². The van der Waals surface area contributed by atoms with Crippen molar-refractivity contribution in [2.24, 2.45) is 0 Å². The van der Waals surface area contributed by atoms with E-state index in [1.807, 2.05) is 36.4 Å². The highest BCUT2D eigenvalue weighted by Gasteiger charge is 2.22. The van der Waals surface area contributed by atoms with E-state index in [9.17, 15) is 4.79 Å². The van der Waals surface area contributed by atoms with E-state index in [4.69, 9.17) is 6.42 Å². The minimum atomic E-state index is -0.0798. The third kappa shape index (κ3) is 3.15. The standard InChI is InChI=1S/C21H18N4O/c1-2-15-6-3-4-7-17(15)13-25-11-9-19-18(14-25)21(26)24-20(23-19)16-8-5-10-22-12-16/h1,3-8,10,12H,9,11,13-14H2,(H,23,24,26). The van der Waals surface area contributed by atoms with E-state index >= 15 is 0 Å². The van der Waals surface area contributed by atoms with Crippen molar-refractivity contribution in [1.29, 1.82) is 0 Å². The molecule has 128 valence electrons. The summed E-state index contributed by atoms with van der Waals surface area (Å²) in [4.78, 5) is 26.5. The highest BCUT2D eigenvalue weighted by molar-refractivity contribution is 5.53. The van der Waals surface area contributed by atoms with E-state index in [1.54, 1.807) is 12.4 Å². The predicted molar refractivity (Wildman–Crippen MR) is 100 cm³/mol. The lowest BCUT2D eigenvalue weighted by Gasteiger charge is -2.28. The van der Waals surface area contributed by atoms with E-state index in [2.05, 4.69) is 25.8 Å². The molecule has 0 bridgehead atoms. The number of aromatic nitrogens is 3. The summed E-state index contributed by atoms with van der Waals surface area (Å²) in [5.41, 5.74) is 4.35. The van der Waals surface area contributed by atoms with Crippen molar-refractivity contribution in [1.82, 2.24) is 19.9 Å².